The van der Waals surface area contributed by atoms with Crippen molar-refractivity contribution in [2.75, 3.05) is 0 Å². The molecule has 2 aromatic carbocycles. The molecule has 0 aliphatic heterocycles. The third-order valence-electron chi connectivity index (χ3n) is 3.31. The van der Waals surface area contributed by atoms with E-state index >= 15 is 0 Å². The molecule has 24 heavy (non-hydrogen) atoms. The van der Waals surface area contributed by atoms with Gasteiger partial charge in [-0.1, -0.05) is 17.7 Å². The number of ether oxygens (including phenoxy) is 1. The van der Waals surface area contributed by atoms with E-state index in [0.29, 0.717) is 17.0 Å². The smallest absolute Gasteiger partial charge is 0.338 e. The van der Waals surface area contributed by atoms with Crippen molar-refractivity contribution in [3.63, 3.8) is 0 Å². The van der Waals surface area contributed by atoms with Crippen LogP contribution in [-0.4, -0.2) is 16.2 Å². The van der Waals surface area contributed by atoms with Crippen LogP contribution >= 0.6 is 0 Å². The summed E-state index contributed by atoms with van der Waals surface area (Å²) in [6, 6.07) is 15.8. The maximum absolute atomic E-state index is 11.9. The van der Waals surface area contributed by atoms with E-state index in [2.05, 4.69) is 10.2 Å². The number of hydrogen-bond donors (Lipinski definition) is 0. The summed E-state index contributed by atoms with van der Waals surface area (Å²) in [7, 11) is 0. The molecule has 0 aliphatic carbocycles. The second-order valence-corrected chi connectivity index (χ2v) is 5.14. The summed E-state index contributed by atoms with van der Waals surface area (Å²) in [6.45, 7) is 1.86. The van der Waals surface area contributed by atoms with Crippen molar-refractivity contribution in [1.29, 1.82) is 5.26 Å². The van der Waals surface area contributed by atoms with Gasteiger partial charge in [0.2, 0.25) is 5.89 Å². The monoisotopic (exact) mass is 319 g/mol. The first-order chi connectivity index (χ1) is 11.7. The van der Waals surface area contributed by atoms with Gasteiger partial charge in [0.1, 0.15) is 0 Å². The number of nitriles is 1. The van der Waals surface area contributed by atoms with E-state index in [9.17, 15) is 4.79 Å². The SMILES string of the molecule is Cc1cccc(-c2nnc(COC(=O)c3ccc(C#N)cc3)o2)c1. The van der Waals surface area contributed by atoms with Crippen LogP contribution in [0.1, 0.15) is 27.4 Å². The molecule has 0 N–H and O–H groups in total. The molecule has 6 heteroatoms. The fourth-order valence-corrected chi connectivity index (χ4v) is 2.10. The molecule has 0 unspecified atom stereocenters. The first-order valence-corrected chi connectivity index (χ1v) is 7.22. The number of benzene rings is 2. The molecule has 1 heterocycles. The van der Waals surface area contributed by atoms with Crippen molar-refractivity contribution >= 4 is 5.97 Å². The van der Waals surface area contributed by atoms with Gasteiger partial charge in [-0.15, -0.1) is 10.2 Å². The lowest BCUT2D eigenvalue weighted by Crippen LogP contribution is -2.05. The van der Waals surface area contributed by atoms with Crippen LogP contribution in [0.2, 0.25) is 0 Å². The number of carbonyl (C=O) groups is 1. The molecular formula is C18H13N3O3. The van der Waals surface area contributed by atoms with Gasteiger partial charge in [-0.2, -0.15) is 5.26 Å². The Morgan fingerprint density at radius 1 is 1.21 bits per heavy atom. The van der Waals surface area contributed by atoms with Crippen molar-refractivity contribution in [2.45, 2.75) is 13.5 Å². The number of carbonyl (C=O) groups excluding carboxylic acids is 1. The minimum Gasteiger partial charge on any atom is -0.452 e. The van der Waals surface area contributed by atoms with Crippen molar-refractivity contribution in [2.24, 2.45) is 0 Å². The molecule has 0 saturated heterocycles. The van der Waals surface area contributed by atoms with Crippen molar-refractivity contribution in [1.82, 2.24) is 10.2 Å². The minimum absolute atomic E-state index is 0.113. The predicted molar refractivity (Wildman–Crippen MR) is 84.7 cm³/mol. The molecule has 0 saturated carbocycles. The van der Waals surface area contributed by atoms with Crippen LogP contribution in [0, 0.1) is 18.3 Å². The second kappa shape index (κ2) is 6.75. The van der Waals surface area contributed by atoms with Gasteiger partial charge in [-0.05, 0) is 43.3 Å². The first-order valence-electron chi connectivity index (χ1n) is 7.22. The van der Waals surface area contributed by atoms with Crippen LogP contribution in [0.5, 0.6) is 0 Å². The molecule has 0 spiro atoms. The number of rotatable bonds is 4. The Labute approximate surface area is 138 Å². The maximum Gasteiger partial charge on any atom is 0.338 e. The summed E-state index contributed by atoms with van der Waals surface area (Å²) in [6.07, 6.45) is 0. The Balaban J connectivity index is 1.64. The average Bonchev–Trinajstić information content (AvgIpc) is 3.09. The van der Waals surface area contributed by atoms with Crippen LogP contribution in [0.25, 0.3) is 11.5 Å². The van der Waals surface area contributed by atoms with E-state index in [-0.39, 0.29) is 12.5 Å². The third-order valence-corrected chi connectivity index (χ3v) is 3.31. The molecule has 6 nitrogen and oxygen atoms in total. The zero-order valence-electron chi connectivity index (χ0n) is 12.9. The lowest BCUT2D eigenvalue weighted by Gasteiger charge is -2.01. The third kappa shape index (κ3) is 3.47. The van der Waals surface area contributed by atoms with E-state index in [1.165, 1.54) is 12.1 Å². The van der Waals surface area contributed by atoms with Crippen molar-refractivity contribution < 1.29 is 13.9 Å². The Bertz CT molecular complexity index is 908. The first kappa shape index (κ1) is 15.4. The molecule has 0 fully saturated rings. The summed E-state index contributed by atoms with van der Waals surface area (Å²) in [5, 5.41) is 16.6. The molecule has 0 amide bonds. The van der Waals surface area contributed by atoms with Crippen molar-refractivity contribution in [3.8, 4) is 17.5 Å². The maximum atomic E-state index is 11.9. The highest BCUT2D eigenvalue weighted by Crippen LogP contribution is 2.19. The van der Waals surface area contributed by atoms with Gasteiger partial charge in [0, 0.05) is 5.56 Å². The number of aryl methyl sites for hydroxylation is 1. The fraction of sp³-hybridized carbons (Fsp3) is 0.111. The van der Waals surface area contributed by atoms with E-state index in [4.69, 9.17) is 14.4 Å². The summed E-state index contributed by atoms with van der Waals surface area (Å²) >= 11 is 0. The zero-order valence-corrected chi connectivity index (χ0v) is 12.9. The molecule has 0 radical (unpaired) electrons. The van der Waals surface area contributed by atoms with Crippen LogP contribution in [0.15, 0.2) is 52.9 Å². The van der Waals surface area contributed by atoms with Gasteiger partial charge < -0.3 is 9.15 Å². The Morgan fingerprint density at radius 2 is 2.00 bits per heavy atom. The standard InChI is InChI=1S/C18H13N3O3/c1-12-3-2-4-15(9-12)17-21-20-16(24-17)11-23-18(22)14-7-5-13(10-19)6-8-14/h2-9H,11H2,1H3. The highest BCUT2D eigenvalue weighted by Gasteiger charge is 2.12. The average molecular weight is 319 g/mol. The summed E-state index contributed by atoms with van der Waals surface area (Å²) in [5.74, 6) is 0.0754. The molecule has 3 rings (SSSR count). The lowest BCUT2D eigenvalue weighted by molar-refractivity contribution is 0.0438. The largest absolute Gasteiger partial charge is 0.452 e. The van der Waals surface area contributed by atoms with Gasteiger partial charge in [-0.25, -0.2) is 4.79 Å². The van der Waals surface area contributed by atoms with Gasteiger partial charge in [0.15, 0.2) is 6.61 Å². The summed E-state index contributed by atoms with van der Waals surface area (Å²) in [4.78, 5) is 11.9. The van der Waals surface area contributed by atoms with Crippen molar-refractivity contribution in [3.05, 3.63) is 71.1 Å². The molecule has 118 valence electrons. The molecule has 0 aliphatic rings. The van der Waals surface area contributed by atoms with E-state index in [0.717, 1.165) is 11.1 Å². The van der Waals surface area contributed by atoms with Crippen LogP contribution in [0.3, 0.4) is 0 Å². The lowest BCUT2D eigenvalue weighted by atomic mass is 10.1. The normalized spacial score (nSPS) is 10.2. The Kier molecular flexibility index (Phi) is 4.34. The predicted octanol–water partition coefficient (Wildman–Crippen LogP) is 3.27. The quantitative estimate of drug-likeness (QED) is 0.686. The number of esters is 1. The number of nitrogens with zero attached hydrogens (tertiary/aromatic N) is 3. The molecular weight excluding hydrogens is 306 g/mol. The Morgan fingerprint density at radius 3 is 2.71 bits per heavy atom. The summed E-state index contributed by atoms with van der Waals surface area (Å²) < 4.78 is 10.6. The molecule has 3 aromatic rings. The number of aromatic nitrogens is 2. The molecule has 1 aromatic heterocycles. The minimum atomic E-state index is -0.519. The fourth-order valence-electron chi connectivity index (χ4n) is 2.10. The number of hydrogen-bond acceptors (Lipinski definition) is 6. The Hall–Kier alpha value is -3.46. The summed E-state index contributed by atoms with van der Waals surface area (Å²) in [5.41, 5.74) is 2.73. The van der Waals surface area contributed by atoms with Crippen LogP contribution in [-0.2, 0) is 11.3 Å². The van der Waals surface area contributed by atoms with Crippen LogP contribution in [0.4, 0.5) is 0 Å². The van der Waals surface area contributed by atoms with E-state index in [1.807, 2.05) is 37.3 Å². The van der Waals surface area contributed by atoms with E-state index in [1.54, 1.807) is 12.1 Å². The highest BCUT2D eigenvalue weighted by atomic mass is 16.5. The molecule has 0 atom stereocenters. The van der Waals surface area contributed by atoms with Gasteiger partial charge in [0.25, 0.3) is 5.89 Å². The molecule has 0 bridgehead atoms. The highest BCUT2D eigenvalue weighted by molar-refractivity contribution is 5.89. The van der Waals surface area contributed by atoms with Gasteiger partial charge >= 0.3 is 5.97 Å². The van der Waals surface area contributed by atoms with Crippen LogP contribution < -0.4 is 0 Å². The van der Waals surface area contributed by atoms with E-state index < -0.39 is 5.97 Å². The second-order valence-electron chi connectivity index (χ2n) is 5.14. The zero-order chi connectivity index (χ0) is 16.9. The van der Waals surface area contributed by atoms with Gasteiger partial charge in [-0.3, -0.25) is 0 Å². The topological polar surface area (TPSA) is 89.0 Å². The van der Waals surface area contributed by atoms with Gasteiger partial charge in [0.05, 0.1) is 17.2 Å².